The number of rotatable bonds is 3. The van der Waals surface area contributed by atoms with Crippen LogP contribution in [0.15, 0.2) is 35.3 Å². The van der Waals surface area contributed by atoms with Gasteiger partial charge in [0.15, 0.2) is 23.6 Å². The van der Waals surface area contributed by atoms with Gasteiger partial charge in [-0.05, 0) is 61.4 Å². The number of phenolic OH excluding ortho intramolecular Hbond substituents is 1. The van der Waals surface area contributed by atoms with E-state index < -0.39 is 17.1 Å². The summed E-state index contributed by atoms with van der Waals surface area (Å²) in [6, 6.07) is 9.67. The molecule has 0 amide bonds. The first-order valence-corrected chi connectivity index (χ1v) is 12.6. The van der Waals surface area contributed by atoms with Gasteiger partial charge in [-0.2, -0.15) is 0 Å². The third kappa shape index (κ3) is 2.32. The van der Waals surface area contributed by atoms with E-state index in [0.717, 1.165) is 59.6 Å². The minimum absolute atomic E-state index is 0.00150. The normalized spacial score (nSPS) is 32.1. The fourth-order valence-corrected chi connectivity index (χ4v) is 7.86. The SMILES string of the molecule is NC(N)=Nc1cccc2c3c([nH]c12)[C@@H]1Oc2c(O)ccc4c2[C@@]12CCN(CC1CC1)C(C4)[C@]2(O)C3. The first kappa shape index (κ1) is 20.0. The average molecular weight is 472 g/mol. The van der Waals surface area contributed by atoms with Crippen LogP contribution in [0.1, 0.15) is 47.8 Å². The highest BCUT2D eigenvalue weighted by atomic mass is 16.5. The molecular formula is C27H29N5O3. The van der Waals surface area contributed by atoms with Crippen LogP contribution in [0.5, 0.6) is 11.5 Å². The van der Waals surface area contributed by atoms with Gasteiger partial charge in [0.25, 0.3) is 0 Å². The maximum Gasteiger partial charge on any atom is 0.191 e. The Morgan fingerprint density at radius 2 is 2.09 bits per heavy atom. The van der Waals surface area contributed by atoms with Crippen molar-refractivity contribution in [2.75, 3.05) is 13.1 Å². The van der Waals surface area contributed by atoms with E-state index in [2.05, 4.69) is 20.9 Å². The number of piperidine rings is 1. The lowest BCUT2D eigenvalue weighted by molar-refractivity contribution is -0.173. The van der Waals surface area contributed by atoms with Gasteiger partial charge < -0.3 is 31.4 Å². The van der Waals surface area contributed by atoms with Crippen molar-refractivity contribution in [2.24, 2.45) is 22.4 Å². The molecule has 3 aliphatic carbocycles. The molecule has 1 saturated heterocycles. The fraction of sp³-hybridized carbons (Fsp3) is 0.444. The highest BCUT2D eigenvalue weighted by Crippen LogP contribution is 2.69. The molecule has 2 fully saturated rings. The third-order valence-corrected chi connectivity index (χ3v) is 9.42. The predicted octanol–water partition coefficient (Wildman–Crippen LogP) is 2.48. The number of likely N-dealkylation sites (tertiary alicyclic amines) is 1. The number of ether oxygens (including phenoxy) is 1. The third-order valence-electron chi connectivity index (χ3n) is 9.42. The summed E-state index contributed by atoms with van der Waals surface area (Å²) in [6.07, 6.45) is 4.23. The number of para-hydroxylation sites is 1. The standard InChI is InChI=1S/C27H29N5O3/c28-25(29)30-17-3-1-2-15-16-11-27(34)19-10-14-6-7-18(33)23-20(14)26(27,8-9-32(19)12-13-4-5-13)24(35-23)22(16)31-21(15)17/h1-3,6-7,13,19,24,31,33-34H,4-5,8-12H2,(H4,28,29,30)/t19?,24-,26-,27+/m0/s1. The van der Waals surface area contributed by atoms with E-state index in [0.29, 0.717) is 17.9 Å². The van der Waals surface area contributed by atoms with Gasteiger partial charge in [-0.15, -0.1) is 0 Å². The summed E-state index contributed by atoms with van der Waals surface area (Å²) in [5, 5.41) is 24.7. The van der Waals surface area contributed by atoms with Crippen molar-refractivity contribution in [3.05, 3.63) is 52.7 Å². The van der Waals surface area contributed by atoms with E-state index in [1.165, 1.54) is 18.4 Å². The number of aliphatic imine (C=N–C) groups is 1. The van der Waals surface area contributed by atoms with Gasteiger partial charge in [-0.3, -0.25) is 4.90 Å². The van der Waals surface area contributed by atoms with Gasteiger partial charge in [-0.1, -0.05) is 18.2 Å². The molecule has 180 valence electrons. The lowest BCUT2D eigenvalue weighted by Crippen LogP contribution is -2.74. The van der Waals surface area contributed by atoms with E-state index in [1.807, 2.05) is 18.2 Å². The van der Waals surface area contributed by atoms with Crippen LogP contribution in [-0.2, 0) is 18.3 Å². The number of guanidine groups is 1. The van der Waals surface area contributed by atoms with Crippen LogP contribution in [0.3, 0.4) is 0 Å². The van der Waals surface area contributed by atoms with Crippen molar-refractivity contribution in [1.82, 2.24) is 9.88 Å². The number of hydrogen-bond donors (Lipinski definition) is 5. The molecular weight excluding hydrogens is 442 g/mol. The van der Waals surface area contributed by atoms with Crippen LogP contribution in [0.4, 0.5) is 5.69 Å². The second-order valence-corrected chi connectivity index (χ2v) is 11.2. The molecule has 2 bridgehead atoms. The Morgan fingerprint density at radius 1 is 1.23 bits per heavy atom. The summed E-state index contributed by atoms with van der Waals surface area (Å²) in [7, 11) is 0. The maximum atomic E-state index is 12.9. The highest BCUT2D eigenvalue weighted by Gasteiger charge is 2.72. The second-order valence-electron chi connectivity index (χ2n) is 11.2. The van der Waals surface area contributed by atoms with Gasteiger partial charge in [-0.25, -0.2) is 4.99 Å². The number of aromatic hydroxyl groups is 1. The Labute approximate surface area is 202 Å². The fourth-order valence-electron chi connectivity index (χ4n) is 7.86. The molecule has 2 aromatic carbocycles. The van der Waals surface area contributed by atoms with Crippen molar-refractivity contribution >= 4 is 22.5 Å². The van der Waals surface area contributed by atoms with Crippen molar-refractivity contribution in [3.63, 3.8) is 0 Å². The smallest absolute Gasteiger partial charge is 0.191 e. The second kappa shape index (κ2) is 6.30. The van der Waals surface area contributed by atoms with Gasteiger partial charge in [0, 0.05) is 30.0 Å². The summed E-state index contributed by atoms with van der Waals surface area (Å²) in [4.78, 5) is 10.5. The van der Waals surface area contributed by atoms with Gasteiger partial charge in [0.05, 0.1) is 27.9 Å². The van der Waals surface area contributed by atoms with Crippen LogP contribution >= 0.6 is 0 Å². The molecule has 1 saturated carbocycles. The van der Waals surface area contributed by atoms with Crippen molar-refractivity contribution in [1.29, 1.82) is 0 Å². The first-order valence-electron chi connectivity index (χ1n) is 12.6. The number of nitrogens with zero attached hydrogens (tertiary/aromatic N) is 2. The maximum absolute atomic E-state index is 12.9. The van der Waals surface area contributed by atoms with E-state index in [-0.39, 0.29) is 17.8 Å². The molecule has 7 N–H and O–H groups in total. The Balaban J connectivity index is 1.40. The summed E-state index contributed by atoms with van der Waals surface area (Å²) in [5.41, 5.74) is 15.5. The number of aromatic amines is 1. The van der Waals surface area contributed by atoms with E-state index in [1.54, 1.807) is 6.07 Å². The Kier molecular flexibility index (Phi) is 3.60. The van der Waals surface area contributed by atoms with Crippen molar-refractivity contribution < 1.29 is 14.9 Å². The molecule has 3 heterocycles. The van der Waals surface area contributed by atoms with Crippen molar-refractivity contribution in [3.8, 4) is 11.5 Å². The highest BCUT2D eigenvalue weighted by molar-refractivity contribution is 5.96. The number of hydrogen-bond acceptors (Lipinski definition) is 5. The topological polar surface area (TPSA) is 133 Å². The predicted molar refractivity (Wildman–Crippen MR) is 132 cm³/mol. The Bertz CT molecular complexity index is 1450. The first-order chi connectivity index (χ1) is 16.9. The number of phenols is 1. The molecule has 0 radical (unpaired) electrons. The van der Waals surface area contributed by atoms with Crippen LogP contribution in [0.25, 0.3) is 10.9 Å². The molecule has 1 unspecified atom stereocenters. The molecule has 4 atom stereocenters. The lowest BCUT2D eigenvalue weighted by Gasteiger charge is -2.62. The minimum Gasteiger partial charge on any atom is -0.504 e. The molecule has 1 aromatic heterocycles. The summed E-state index contributed by atoms with van der Waals surface area (Å²) in [5.74, 6) is 1.43. The molecule has 8 heteroatoms. The Hall–Kier alpha value is -3.23. The van der Waals surface area contributed by atoms with E-state index in [4.69, 9.17) is 16.2 Å². The Morgan fingerprint density at radius 3 is 2.89 bits per heavy atom. The zero-order valence-corrected chi connectivity index (χ0v) is 19.4. The van der Waals surface area contributed by atoms with Gasteiger partial charge >= 0.3 is 0 Å². The number of benzene rings is 2. The average Bonchev–Trinajstić information content (AvgIpc) is 3.45. The molecule has 8 nitrogen and oxygen atoms in total. The number of nitrogens with two attached hydrogens (primary N) is 2. The molecule has 5 aliphatic rings. The van der Waals surface area contributed by atoms with Crippen molar-refractivity contribution in [2.45, 2.75) is 55.3 Å². The number of H-pyrrole nitrogens is 1. The summed E-state index contributed by atoms with van der Waals surface area (Å²) >= 11 is 0. The molecule has 35 heavy (non-hydrogen) atoms. The van der Waals surface area contributed by atoms with Crippen LogP contribution in [0.2, 0.25) is 0 Å². The van der Waals surface area contributed by atoms with E-state index in [9.17, 15) is 10.2 Å². The molecule has 8 rings (SSSR count). The molecule has 1 spiro atoms. The zero-order valence-electron chi connectivity index (χ0n) is 19.4. The van der Waals surface area contributed by atoms with Crippen LogP contribution in [-0.4, -0.2) is 50.8 Å². The summed E-state index contributed by atoms with van der Waals surface area (Å²) in [6.45, 7) is 1.97. The minimum atomic E-state index is -1.01. The van der Waals surface area contributed by atoms with Crippen LogP contribution < -0.4 is 16.2 Å². The van der Waals surface area contributed by atoms with Gasteiger partial charge in [0.2, 0.25) is 0 Å². The van der Waals surface area contributed by atoms with E-state index >= 15 is 0 Å². The lowest BCUT2D eigenvalue weighted by atomic mass is 9.49. The number of fused-ring (bicyclic) bond motifs is 4. The monoisotopic (exact) mass is 471 g/mol. The molecule has 2 aliphatic heterocycles. The van der Waals surface area contributed by atoms with Gasteiger partial charge in [0.1, 0.15) is 0 Å². The zero-order chi connectivity index (χ0) is 23.7. The largest absolute Gasteiger partial charge is 0.504 e. The quantitative estimate of drug-likeness (QED) is 0.294. The number of nitrogens with one attached hydrogen (secondary N) is 1. The van der Waals surface area contributed by atoms with Crippen LogP contribution in [0, 0.1) is 5.92 Å². The number of aliphatic hydroxyl groups is 1. The number of aromatic nitrogens is 1. The molecule has 3 aromatic rings. The summed E-state index contributed by atoms with van der Waals surface area (Å²) < 4.78 is 6.64.